The van der Waals surface area contributed by atoms with Crippen molar-refractivity contribution in [3.05, 3.63) is 48.0 Å². The van der Waals surface area contributed by atoms with Crippen LogP contribution in [0.25, 0.3) is 0 Å². The van der Waals surface area contributed by atoms with E-state index in [1.165, 1.54) is 7.11 Å². The van der Waals surface area contributed by atoms with Crippen molar-refractivity contribution in [2.45, 2.75) is 6.92 Å². The van der Waals surface area contributed by atoms with Gasteiger partial charge in [-0.05, 0) is 25.1 Å². The molecule has 0 aliphatic rings. The number of ether oxygens (including phenoxy) is 3. The highest BCUT2D eigenvalue weighted by atomic mass is 16.5. The first kappa shape index (κ1) is 14.7. The van der Waals surface area contributed by atoms with Gasteiger partial charge in [0.15, 0.2) is 0 Å². The lowest BCUT2D eigenvalue weighted by atomic mass is 10.1. The van der Waals surface area contributed by atoms with E-state index >= 15 is 0 Å². The Hall–Kier alpha value is -2.69. The number of nitrogen functional groups attached to an aromatic ring is 1. The minimum atomic E-state index is -0.508. The van der Waals surface area contributed by atoms with Crippen molar-refractivity contribution in [3.63, 3.8) is 0 Å². The number of anilines is 1. The fourth-order valence-corrected chi connectivity index (χ4v) is 1.83. The van der Waals surface area contributed by atoms with Crippen molar-refractivity contribution >= 4 is 11.7 Å². The third-order valence-electron chi connectivity index (χ3n) is 2.81. The maximum absolute atomic E-state index is 11.9. The van der Waals surface area contributed by atoms with Crippen LogP contribution in [0.2, 0.25) is 0 Å². The zero-order valence-electron chi connectivity index (χ0n) is 12.0. The van der Waals surface area contributed by atoms with Gasteiger partial charge >= 0.3 is 5.97 Å². The molecule has 2 aromatic carbocycles. The maximum Gasteiger partial charge on any atom is 0.340 e. The van der Waals surface area contributed by atoms with Crippen LogP contribution in [-0.4, -0.2) is 19.7 Å². The second-order valence-corrected chi connectivity index (χ2v) is 4.22. The van der Waals surface area contributed by atoms with Crippen molar-refractivity contribution in [2.75, 3.05) is 19.5 Å². The molecule has 0 saturated heterocycles. The number of hydrogen-bond acceptors (Lipinski definition) is 5. The molecule has 2 N–H and O–H groups in total. The molecule has 0 unspecified atom stereocenters. The molecule has 0 saturated carbocycles. The molecule has 21 heavy (non-hydrogen) atoms. The van der Waals surface area contributed by atoms with Crippen molar-refractivity contribution < 1.29 is 19.0 Å². The fraction of sp³-hybridized carbons (Fsp3) is 0.188. The number of carbonyl (C=O) groups is 1. The van der Waals surface area contributed by atoms with E-state index in [1.807, 2.05) is 30.3 Å². The smallest absolute Gasteiger partial charge is 0.340 e. The summed E-state index contributed by atoms with van der Waals surface area (Å²) in [5.41, 5.74) is 6.36. The van der Waals surface area contributed by atoms with E-state index in [1.54, 1.807) is 19.1 Å². The van der Waals surface area contributed by atoms with Crippen LogP contribution < -0.4 is 15.2 Å². The molecular weight excluding hydrogens is 270 g/mol. The Morgan fingerprint density at radius 1 is 1.14 bits per heavy atom. The first-order valence-electron chi connectivity index (χ1n) is 6.53. The van der Waals surface area contributed by atoms with Gasteiger partial charge in [0.05, 0.1) is 25.0 Å². The number of esters is 1. The van der Waals surface area contributed by atoms with Gasteiger partial charge in [-0.3, -0.25) is 0 Å². The van der Waals surface area contributed by atoms with Gasteiger partial charge in [-0.1, -0.05) is 18.2 Å². The molecular formula is C16H17NO4. The first-order valence-corrected chi connectivity index (χ1v) is 6.53. The van der Waals surface area contributed by atoms with E-state index in [-0.39, 0.29) is 17.9 Å². The third-order valence-corrected chi connectivity index (χ3v) is 2.81. The second-order valence-electron chi connectivity index (χ2n) is 4.22. The summed E-state index contributed by atoms with van der Waals surface area (Å²) in [6.45, 7) is 2.00. The standard InChI is InChI=1S/C16H17NO4/c1-3-20-16(18)13-9-12(10-14(19-2)15(13)17)21-11-7-5-4-6-8-11/h4-10H,3,17H2,1-2H3. The van der Waals surface area contributed by atoms with Gasteiger partial charge in [0.2, 0.25) is 0 Å². The zero-order chi connectivity index (χ0) is 15.2. The molecule has 0 aliphatic carbocycles. The highest BCUT2D eigenvalue weighted by Gasteiger charge is 2.17. The Bertz CT molecular complexity index is 626. The van der Waals surface area contributed by atoms with Crippen LogP contribution in [0.3, 0.4) is 0 Å². The van der Waals surface area contributed by atoms with Crippen LogP contribution in [-0.2, 0) is 4.74 Å². The normalized spacial score (nSPS) is 10.0. The number of hydrogen-bond donors (Lipinski definition) is 1. The lowest BCUT2D eigenvalue weighted by Crippen LogP contribution is -2.09. The van der Waals surface area contributed by atoms with Gasteiger partial charge in [0, 0.05) is 6.07 Å². The molecule has 0 heterocycles. The molecule has 0 spiro atoms. The van der Waals surface area contributed by atoms with Crippen LogP contribution in [0.5, 0.6) is 17.2 Å². The van der Waals surface area contributed by atoms with Crippen LogP contribution in [0.4, 0.5) is 5.69 Å². The molecule has 0 radical (unpaired) electrons. The van der Waals surface area contributed by atoms with E-state index in [4.69, 9.17) is 19.9 Å². The van der Waals surface area contributed by atoms with E-state index in [0.717, 1.165) is 0 Å². The number of rotatable bonds is 5. The molecule has 5 heteroatoms. The van der Waals surface area contributed by atoms with Gasteiger partial charge in [-0.25, -0.2) is 4.79 Å². The minimum absolute atomic E-state index is 0.224. The lowest BCUT2D eigenvalue weighted by molar-refractivity contribution is 0.0527. The lowest BCUT2D eigenvalue weighted by Gasteiger charge is -2.13. The maximum atomic E-state index is 11.9. The van der Waals surface area contributed by atoms with E-state index in [0.29, 0.717) is 17.2 Å². The summed E-state index contributed by atoms with van der Waals surface area (Å²) in [5, 5.41) is 0. The van der Waals surface area contributed by atoms with E-state index in [9.17, 15) is 4.79 Å². The van der Waals surface area contributed by atoms with Gasteiger partial charge in [-0.2, -0.15) is 0 Å². The minimum Gasteiger partial charge on any atom is -0.494 e. The molecule has 0 bridgehead atoms. The second kappa shape index (κ2) is 6.65. The highest BCUT2D eigenvalue weighted by Crippen LogP contribution is 2.33. The SMILES string of the molecule is CCOC(=O)c1cc(Oc2ccccc2)cc(OC)c1N. The monoisotopic (exact) mass is 287 g/mol. The molecule has 0 atom stereocenters. The molecule has 0 aliphatic heterocycles. The van der Waals surface area contributed by atoms with E-state index in [2.05, 4.69) is 0 Å². The van der Waals surface area contributed by atoms with Crippen LogP contribution >= 0.6 is 0 Å². The Labute approximate surface area is 123 Å². The quantitative estimate of drug-likeness (QED) is 0.675. The van der Waals surface area contributed by atoms with Crippen LogP contribution in [0.1, 0.15) is 17.3 Å². The Morgan fingerprint density at radius 2 is 1.86 bits per heavy atom. The summed E-state index contributed by atoms with van der Waals surface area (Å²) in [5.74, 6) is 0.965. The zero-order valence-corrected chi connectivity index (χ0v) is 12.0. The number of benzene rings is 2. The summed E-state index contributed by atoms with van der Waals surface area (Å²) in [6, 6.07) is 12.4. The summed E-state index contributed by atoms with van der Waals surface area (Å²) in [7, 11) is 1.48. The Kier molecular flexibility index (Phi) is 4.66. The Balaban J connectivity index is 2.38. The predicted octanol–water partition coefficient (Wildman–Crippen LogP) is 3.25. The van der Waals surface area contributed by atoms with Crippen molar-refractivity contribution in [2.24, 2.45) is 0 Å². The highest BCUT2D eigenvalue weighted by molar-refractivity contribution is 5.97. The fourth-order valence-electron chi connectivity index (χ4n) is 1.83. The number of para-hydroxylation sites is 1. The average Bonchev–Trinajstić information content (AvgIpc) is 2.50. The van der Waals surface area contributed by atoms with Crippen molar-refractivity contribution in [1.82, 2.24) is 0 Å². The van der Waals surface area contributed by atoms with Crippen molar-refractivity contribution in [1.29, 1.82) is 0 Å². The van der Waals surface area contributed by atoms with E-state index < -0.39 is 5.97 Å². The molecule has 0 fully saturated rings. The van der Waals surface area contributed by atoms with Gasteiger partial charge in [0.1, 0.15) is 17.2 Å². The molecule has 0 aromatic heterocycles. The van der Waals surface area contributed by atoms with Gasteiger partial charge < -0.3 is 19.9 Å². The van der Waals surface area contributed by atoms with Crippen molar-refractivity contribution in [3.8, 4) is 17.2 Å². The van der Waals surface area contributed by atoms with Gasteiger partial charge in [-0.15, -0.1) is 0 Å². The van der Waals surface area contributed by atoms with Crippen LogP contribution in [0.15, 0.2) is 42.5 Å². The van der Waals surface area contributed by atoms with Crippen LogP contribution in [0, 0.1) is 0 Å². The summed E-state index contributed by atoms with van der Waals surface area (Å²) < 4.78 is 15.9. The summed E-state index contributed by atoms with van der Waals surface area (Å²) >= 11 is 0. The number of methoxy groups -OCH3 is 1. The summed E-state index contributed by atoms with van der Waals surface area (Å²) in [6.07, 6.45) is 0. The predicted molar refractivity (Wildman–Crippen MR) is 79.9 cm³/mol. The first-order chi connectivity index (χ1) is 10.2. The topological polar surface area (TPSA) is 70.8 Å². The molecule has 5 nitrogen and oxygen atoms in total. The summed E-state index contributed by atoms with van der Waals surface area (Å²) in [4.78, 5) is 11.9. The van der Waals surface area contributed by atoms with Gasteiger partial charge in [0.25, 0.3) is 0 Å². The Morgan fingerprint density at radius 3 is 2.48 bits per heavy atom. The largest absolute Gasteiger partial charge is 0.494 e. The number of carbonyl (C=O) groups excluding carboxylic acids is 1. The molecule has 0 amide bonds. The molecule has 2 aromatic rings. The third kappa shape index (κ3) is 3.45. The molecule has 110 valence electrons. The molecule has 2 rings (SSSR count). The number of nitrogens with two attached hydrogens (primary N) is 1. The average molecular weight is 287 g/mol.